The van der Waals surface area contributed by atoms with Crippen molar-refractivity contribution in [3.05, 3.63) is 47.9 Å². The Labute approximate surface area is 158 Å². The second-order valence-electron chi connectivity index (χ2n) is 5.21. The van der Waals surface area contributed by atoms with E-state index in [9.17, 15) is 9.00 Å². The Kier molecular flexibility index (Phi) is 7.16. The van der Waals surface area contributed by atoms with E-state index in [0.717, 1.165) is 5.12 Å². The van der Waals surface area contributed by atoms with Crippen LogP contribution in [0.4, 0.5) is 0 Å². The van der Waals surface area contributed by atoms with Gasteiger partial charge in [-0.3, -0.25) is 9.78 Å². The third kappa shape index (κ3) is 6.29. The number of hydrogen-bond donors (Lipinski definition) is 4. The Morgan fingerprint density at radius 1 is 1.26 bits per heavy atom. The molecule has 1 amide bonds. The normalized spacial score (nSPS) is 12.4. The van der Waals surface area contributed by atoms with E-state index in [1.54, 1.807) is 24.3 Å². The molecule has 1 aromatic heterocycles. The predicted octanol–water partition coefficient (Wildman–Crippen LogP) is -1.42. The molecule has 1 unspecified atom stereocenters. The molecule has 0 radical (unpaired) electrons. The number of primary amides is 1. The predicted molar refractivity (Wildman–Crippen MR) is 99.1 cm³/mol. The van der Waals surface area contributed by atoms with Gasteiger partial charge in [0, 0.05) is 5.56 Å². The number of ether oxygens (including phenoxy) is 1. The summed E-state index contributed by atoms with van der Waals surface area (Å²) in [5.41, 5.74) is 12.1. The highest BCUT2D eigenvalue weighted by Crippen LogP contribution is 2.08. The number of carbonyl (C=O) groups is 1. The van der Waals surface area contributed by atoms with Crippen molar-refractivity contribution in [2.24, 2.45) is 22.4 Å². The highest BCUT2D eigenvalue weighted by Gasteiger charge is 2.07. The number of methoxy groups -OCH3 is 1. The molecule has 2 rings (SSSR count). The lowest BCUT2D eigenvalue weighted by atomic mass is 10.2. The van der Waals surface area contributed by atoms with E-state index >= 15 is 0 Å². The highest BCUT2D eigenvalue weighted by atomic mass is 32.2. The molecule has 27 heavy (non-hydrogen) atoms. The summed E-state index contributed by atoms with van der Waals surface area (Å²) in [7, 11) is -0.0591. The smallest absolute Gasteiger partial charge is 0.232 e. The number of hydrogen-bond acceptors (Lipinski definition) is 8. The number of nitrogens with one attached hydrogen (secondary N) is 1. The van der Waals surface area contributed by atoms with Crippen molar-refractivity contribution < 1.29 is 13.7 Å². The lowest BCUT2D eigenvalue weighted by Crippen LogP contribution is -2.30. The Balaban J connectivity index is 1.99. The number of aromatic nitrogens is 2. The van der Waals surface area contributed by atoms with E-state index in [1.807, 2.05) is 0 Å². The first kappa shape index (κ1) is 20.2. The largest absolute Gasteiger partial charge is 0.480 e. The van der Waals surface area contributed by atoms with Gasteiger partial charge in [-0.1, -0.05) is 0 Å². The number of hydrazine groups is 1. The molecule has 0 bridgehead atoms. The molecule has 1 aromatic carbocycles. The van der Waals surface area contributed by atoms with Crippen LogP contribution in [0, 0.1) is 0 Å². The summed E-state index contributed by atoms with van der Waals surface area (Å²) in [6, 6.07) is 6.47. The fourth-order valence-corrected chi connectivity index (χ4v) is 2.72. The average molecular weight is 392 g/mol. The maximum Gasteiger partial charge on any atom is 0.232 e. The second-order valence-corrected chi connectivity index (χ2v) is 6.51. The molecule has 0 spiro atoms. The summed E-state index contributed by atoms with van der Waals surface area (Å²) in [5.74, 6) is 5.79. The van der Waals surface area contributed by atoms with Gasteiger partial charge in [-0.2, -0.15) is 0 Å². The SMILES string of the molecule is COc1cnc(CN(N)/N=C(\N)c2ccc(S(=O)NCC(N)=O)cc2)cn1. The number of hydrazone groups is 1. The Bertz CT molecular complexity index is 826. The van der Waals surface area contributed by atoms with Gasteiger partial charge in [-0.15, -0.1) is 5.10 Å². The standard InChI is InChI=1S/C15H20N8O3S/c1-26-14-8-19-11(6-20-14)9-23(18)22-15(17)10-2-4-12(5-3-10)27(25)21-7-13(16)24/h2-6,8,21H,7,9,18H2,1H3,(H2,16,24)(H2,17,22). The number of amides is 1. The topological polar surface area (TPSA) is 175 Å². The maximum atomic E-state index is 11.9. The molecule has 144 valence electrons. The van der Waals surface area contributed by atoms with Crippen molar-refractivity contribution >= 4 is 22.7 Å². The zero-order valence-electron chi connectivity index (χ0n) is 14.5. The molecule has 12 heteroatoms. The van der Waals surface area contributed by atoms with E-state index in [1.165, 1.54) is 19.5 Å². The van der Waals surface area contributed by atoms with Crippen LogP contribution in [0.5, 0.6) is 5.88 Å². The van der Waals surface area contributed by atoms with Gasteiger partial charge in [-0.05, 0) is 24.3 Å². The number of nitrogens with two attached hydrogens (primary N) is 3. The minimum absolute atomic E-state index is 0.168. The fraction of sp³-hybridized carbons (Fsp3) is 0.200. The van der Waals surface area contributed by atoms with Crippen LogP contribution < -0.4 is 26.8 Å². The van der Waals surface area contributed by atoms with Crippen molar-refractivity contribution in [3.63, 3.8) is 0 Å². The summed E-state index contributed by atoms with van der Waals surface area (Å²) < 4.78 is 19.4. The fourth-order valence-electron chi connectivity index (χ4n) is 1.90. The number of carbonyl (C=O) groups excluding carboxylic acids is 1. The van der Waals surface area contributed by atoms with Crippen molar-refractivity contribution in [2.45, 2.75) is 11.4 Å². The molecular formula is C15H20N8O3S. The molecule has 7 N–H and O–H groups in total. The maximum absolute atomic E-state index is 11.9. The van der Waals surface area contributed by atoms with E-state index in [4.69, 9.17) is 22.0 Å². The van der Waals surface area contributed by atoms with Gasteiger partial charge in [0.05, 0.1) is 43.2 Å². The summed E-state index contributed by atoms with van der Waals surface area (Å²) in [6.45, 7) is 0.00514. The molecule has 0 saturated heterocycles. The molecule has 0 saturated carbocycles. The van der Waals surface area contributed by atoms with Crippen LogP contribution in [0.25, 0.3) is 0 Å². The first-order valence-electron chi connectivity index (χ1n) is 7.64. The van der Waals surface area contributed by atoms with Crippen molar-refractivity contribution in [3.8, 4) is 5.88 Å². The molecule has 0 fully saturated rings. The van der Waals surface area contributed by atoms with Gasteiger partial charge in [0.25, 0.3) is 0 Å². The van der Waals surface area contributed by atoms with Gasteiger partial charge < -0.3 is 16.2 Å². The molecule has 0 aliphatic rings. The van der Waals surface area contributed by atoms with Gasteiger partial charge in [-0.25, -0.2) is 24.9 Å². The molecule has 2 aromatic rings. The van der Waals surface area contributed by atoms with Crippen LogP contribution in [0.2, 0.25) is 0 Å². The third-order valence-electron chi connectivity index (χ3n) is 3.19. The van der Waals surface area contributed by atoms with Gasteiger partial charge in [0.1, 0.15) is 11.0 Å². The van der Waals surface area contributed by atoms with Crippen molar-refractivity contribution in [2.75, 3.05) is 13.7 Å². The molecule has 0 aliphatic heterocycles. The van der Waals surface area contributed by atoms with Crippen molar-refractivity contribution in [1.29, 1.82) is 0 Å². The van der Waals surface area contributed by atoms with Crippen LogP contribution in [0.3, 0.4) is 0 Å². The molecule has 1 atom stereocenters. The van der Waals surface area contributed by atoms with E-state index < -0.39 is 16.9 Å². The minimum atomic E-state index is -1.56. The van der Waals surface area contributed by atoms with Crippen LogP contribution in [0.15, 0.2) is 46.7 Å². The monoisotopic (exact) mass is 392 g/mol. The summed E-state index contributed by atoms with van der Waals surface area (Å²) >= 11 is 0. The number of rotatable bonds is 9. The third-order valence-corrected chi connectivity index (χ3v) is 4.30. The second kappa shape index (κ2) is 9.56. The van der Waals surface area contributed by atoms with Crippen LogP contribution >= 0.6 is 0 Å². The quantitative estimate of drug-likeness (QED) is 0.174. The van der Waals surface area contributed by atoms with E-state index in [2.05, 4.69) is 19.8 Å². The molecular weight excluding hydrogens is 372 g/mol. The number of benzene rings is 1. The zero-order valence-corrected chi connectivity index (χ0v) is 15.3. The zero-order chi connectivity index (χ0) is 19.8. The first-order valence-corrected chi connectivity index (χ1v) is 8.79. The van der Waals surface area contributed by atoms with Crippen LogP contribution in [-0.4, -0.2) is 44.7 Å². The molecule has 0 aliphatic carbocycles. The first-order chi connectivity index (χ1) is 12.9. The van der Waals surface area contributed by atoms with Crippen LogP contribution in [0.1, 0.15) is 11.3 Å². The highest BCUT2D eigenvalue weighted by molar-refractivity contribution is 7.83. The summed E-state index contributed by atoms with van der Waals surface area (Å²) in [6.07, 6.45) is 2.99. The molecule has 11 nitrogen and oxygen atoms in total. The Morgan fingerprint density at radius 2 is 1.96 bits per heavy atom. The van der Waals surface area contributed by atoms with Gasteiger partial charge in [0.2, 0.25) is 11.8 Å². The minimum Gasteiger partial charge on any atom is -0.480 e. The Morgan fingerprint density at radius 3 is 2.52 bits per heavy atom. The lowest BCUT2D eigenvalue weighted by molar-refractivity contribution is -0.116. The van der Waals surface area contributed by atoms with Crippen LogP contribution in [-0.2, 0) is 22.3 Å². The van der Waals surface area contributed by atoms with Gasteiger partial charge in [0.15, 0.2) is 5.84 Å². The summed E-state index contributed by atoms with van der Waals surface area (Å²) in [5, 5.41) is 5.20. The van der Waals surface area contributed by atoms with Gasteiger partial charge >= 0.3 is 0 Å². The van der Waals surface area contributed by atoms with Crippen molar-refractivity contribution in [1.82, 2.24) is 19.8 Å². The number of nitrogens with zero attached hydrogens (tertiary/aromatic N) is 4. The van der Waals surface area contributed by atoms with E-state index in [-0.39, 0.29) is 18.9 Å². The van der Waals surface area contributed by atoms with E-state index in [0.29, 0.717) is 22.0 Å². The average Bonchev–Trinajstić information content (AvgIpc) is 2.66. The lowest BCUT2D eigenvalue weighted by Gasteiger charge is -2.13. The summed E-state index contributed by atoms with van der Waals surface area (Å²) in [4.78, 5) is 19.3. The number of amidine groups is 1. The Hall–Kier alpha value is -3.09. The molecule has 1 heterocycles.